The molecule has 0 aliphatic heterocycles. The summed E-state index contributed by atoms with van der Waals surface area (Å²) in [6.07, 6.45) is 11.7. The molecule has 0 saturated carbocycles. The Morgan fingerprint density at radius 2 is 1.55 bits per heavy atom. The molecule has 0 aromatic heterocycles. The number of alkyl halides is 1. The van der Waals surface area contributed by atoms with Crippen molar-refractivity contribution in [2.45, 2.75) is 58.7 Å². The van der Waals surface area contributed by atoms with E-state index in [2.05, 4.69) is 86.1 Å². The van der Waals surface area contributed by atoms with Crippen LogP contribution in [-0.4, -0.2) is 0 Å². The van der Waals surface area contributed by atoms with Gasteiger partial charge in [-0.05, 0) is 64.5 Å². The number of benzene rings is 1. The van der Waals surface area contributed by atoms with Crippen molar-refractivity contribution in [3.63, 3.8) is 0 Å². The molecule has 1 rings (SSSR count). The van der Waals surface area contributed by atoms with Gasteiger partial charge in [0.05, 0.1) is 0 Å². The van der Waals surface area contributed by atoms with Crippen molar-refractivity contribution >= 4 is 22.0 Å². The molecule has 0 amide bonds. The van der Waals surface area contributed by atoms with Crippen molar-refractivity contribution in [2.24, 2.45) is 0 Å². The Hall–Kier alpha value is -1.08. The van der Waals surface area contributed by atoms with Crippen molar-refractivity contribution in [3.05, 3.63) is 64.3 Å². The highest BCUT2D eigenvalue weighted by molar-refractivity contribution is 9.08. The monoisotopic (exact) mass is 360 g/mol. The number of halogens is 1. The van der Waals surface area contributed by atoms with E-state index in [-0.39, 0.29) is 0 Å². The Morgan fingerprint density at radius 3 is 2.23 bits per heavy atom. The van der Waals surface area contributed by atoms with Crippen molar-refractivity contribution in [3.8, 4) is 0 Å². The molecule has 0 saturated heterocycles. The second-order valence-corrected chi connectivity index (χ2v) is 6.79. The van der Waals surface area contributed by atoms with Gasteiger partial charge in [0.25, 0.3) is 0 Å². The summed E-state index contributed by atoms with van der Waals surface area (Å²) in [5.74, 6) is 0. The maximum absolute atomic E-state index is 3.56. The van der Waals surface area contributed by atoms with Gasteiger partial charge in [0, 0.05) is 5.33 Å². The Kier molecular flexibility index (Phi) is 9.15. The maximum Gasteiger partial charge on any atom is 0.0288 e. The van der Waals surface area contributed by atoms with E-state index in [1.807, 2.05) is 0 Å². The van der Waals surface area contributed by atoms with Gasteiger partial charge < -0.3 is 0 Å². The number of hydrogen-bond acceptors (Lipinski definition) is 0. The zero-order chi connectivity index (χ0) is 16.4. The molecule has 0 aliphatic rings. The summed E-state index contributed by atoms with van der Waals surface area (Å²) in [4.78, 5) is 0. The first-order valence-electron chi connectivity index (χ1n) is 8.13. The highest BCUT2D eigenvalue weighted by atomic mass is 79.9. The van der Waals surface area contributed by atoms with Crippen molar-refractivity contribution in [2.75, 3.05) is 0 Å². The molecule has 120 valence electrons. The molecule has 0 atom stereocenters. The average Bonchev–Trinajstić information content (AvgIpc) is 2.47. The van der Waals surface area contributed by atoms with Gasteiger partial charge in [0.15, 0.2) is 0 Å². The summed E-state index contributed by atoms with van der Waals surface area (Å²) in [5, 5.41) is 0.913. The summed E-state index contributed by atoms with van der Waals surface area (Å²) < 4.78 is 0. The zero-order valence-corrected chi connectivity index (χ0v) is 16.0. The third kappa shape index (κ3) is 7.79. The van der Waals surface area contributed by atoms with Gasteiger partial charge in [-0.3, -0.25) is 0 Å². The number of hydrogen-bond donors (Lipinski definition) is 0. The van der Waals surface area contributed by atoms with Gasteiger partial charge in [0.2, 0.25) is 0 Å². The van der Waals surface area contributed by atoms with E-state index in [4.69, 9.17) is 0 Å². The molecule has 0 N–H and O–H groups in total. The van der Waals surface area contributed by atoms with Crippen LogP contribution in [0.15, 0.2) is 53.1 Å². The Labute approximate surface area is 145 Å². The van der Waals surface area contributed by atoms with Gasteiger partial charge in [-0.15, -0.1) is 0 Å². The Morgan fingerprint density at radius 1 is 0.909 bits per heavy atom. The third-order valence-electron chi connectivity index (χ3n) is 3.72. The van der Waals surface area contributed by atoms with Crippen LogP contribution in [0.4, 0.5) is 0 Å². The Bertz CT molecular complexity index is 543. The molecule has 0 radical (unpaired) electrons. The van der Waals surface area contributed by atoms with Crippen LogP contribution in [0.5, 0.6) is 0 Å². The molecule has 0 bridgehead atoms. The molecule has 1 aromatic rings. The minimum atomic E-state index is 0.913. The fourth-order valence-electron chi connectivity index (χ4n) is 2.37. The van der Waals surface area contributed by atoms with E-state index in [1.165, 1.54) is 34.3 Å². The third-order valence-corrected chi connectivity index (χ3v) is 4.33. The second-order valence-electron chi connectivity index (χ2n) is 6.23. The summed E-state index contributed by atoms with van der Waals surface area (Å²) in [6.45, 7) is 8.81. The SMILES string of the molecule is CC(C)=CCCC(C)=CCCC(C)=Cc1ccccc1CBr. The zero-order valence-electron chi connectivity index (χ0n) is 14.5. The predicted molar refractivity (Wildman–Crippen MR) is 104 cm³/mol. The van der Waals surface area contributed by atoms with Gasteiger partial charge in [-0.2, -0.15) is 0 Å². The molecule has 0 unspecified atom stereocenters. The summed E-state index contributed by atoms with van der Waals surface area (Å²) in [5.41, 5.74) is 7.06. The Balaban J connectivity index is 2.50. The quantitative estimate of drug-likeness (QED) is 0.333. The highest BCUT2D eigenvalue weighted by Gasteiger charge is 1.98. The first kappa shape index (κ1) is 19.0. The number of allylic oxidation sites excluding steroid dienone is 5. The molecule has 1 aromatic carbocycles. The molecule has 0 spiro atoms. The summed E-state index contributed by atoms with van der Waals surface area (Å²) in [6, 6.07) is 8.59. The topological polar surface area (TPSA) is 0 Å². The standard InChI is InChI=1S/C21H29Br/c1-17(2)9-7-10-18(3)11-8-12-19(4)15-20-13-5-6-14-21(20)16-22/h5-6,9,11,13-15H,7-8,10,12,16H2,1-4H3. The highest BCUT2D eigenvalue weighted by Crippen LogP contribution is 2.18. The molecule has 0 heterocycles. The molecule has 0 aliphatic carbocycles. The smallest absolute Gasteiger partial charge is 0.0288 e. The lowest BCUT2D eigenvalue weighted by Crippen LogP contribution is -1.85. The van der Waals surface area contributed by atoms with E-state index < -0.39 is 0 Å². The van der Waals surface area contributed by atoms with Gasteiger partial charge in [0.1, 0.15) is 0 Å². The normalized spacial score (nSPS) is 12.4. The second kappa shape index (κ2) is 10.6. The van der Waals surface area contributed by atoms with E-state index in [1.54, 1.807) is 0 Å². The van der Waals surface area contributed by atoms with E-state index >= 15 is 0 Å². The van der Waals surface area contributed by atoms with E-state index in [0.29, 0.717) is 0 Å². The summed E-state index contributed by atoms with van der Waals surface area (Å²) >= 11 is 3.56. The summed E-state index contributed by atoms with van der Waals surface area (Å²) in [7, 11) is 0. The minimum absolute atomic E-state index is 0.913. The lowest BCUT2D eigenvalue weighted by Gasteiger charge is -2.05. The van der Waals surface area contributed by atoms with Crippen LogP contribution in [-0.2, 0) is 5.33 Å². The average molecular weight is 361 g/mol. The van der Waals surface area contributed by atoms with Crippen molar-refractivity contribution in [1.82, 2.24) is 0 Å². The molecular weight excluding hydrogens is 332 g/mol. The van der Waals surface area contributed by atoms with Crippen LogP contribution in [0.3, 0.4) is 0 Å². The molecular formula is C21H29Br. The number of rotatable bonds is 8. The van der Waals surface area contributed by atoms with Gasteiger partial charge in [-0.1, -0.05) is 75.1 Å². The van der Waals surface area contributed by atoms with Crippen molar-refractivity contribution in [1.29, 1.82) is 0 Å². The van der Waals surface area contributed by atoms with Crippen LogP contribution in [0, 0.1) is 0 Å². The fraction of sp³-hybridized carbons (Fsp3) is 0.429. The first-order chi connectivity index (χ1) is 10.5. The van der Waals surface area contributed by atoms with Gasteiger partial charge in [-0.25, -0.2) is 0 Å². The first-order valence-corrected chi connectivity index (χ1v) is 9.25. The van der Waals surface area contributed by atoms with Gasteiger partial charge >= 0.3 is 0 Å². The van der Waals surface area contributed by atoms with Crippen LogP contribution >= 0.6 is 15.9 Å². The minimum Gasteiger partial charge on any atom is -0.0876 e. The molecule has 0 fully saturated rings. The fourth-order valence-corrected chi connectivity index (χ4v) is 2.88. The molecule has 22 heavy (non-hydrogen) atoms. The molecule has 1 heteroatoms. The van der Waals surface area contributed by atoms with Crippen molar-refractivity contribution < 1.29 is 0 Å². The van der Waals surface area contributed by atoms with E-state index in [9.17, 15) is 0 Å². The maximum atomic E-state index is 3.56. The molecule has 0 nitrogen and oxygen atoms in total. The van der Waals surface area contributed by atoms with E-state index in [0.717, 1.165) is 24.6 Å². The lowest BCUT2D eigenvalue weighted by molar-refractivity contribution is 0.921. The van der Waals surface area contributed by atoms with Crippen LogP contribution < -0.4 is 0 Å². The van der Waals surface area contributed by atoms with Crippen LogP contribution in [0.1, 0.15) is 64.5 Å². The van der Waals surface area contributed by atoms with Crippen LogP contribution in [0.25, 0.3) is 6.08 Å². The largest absolute Gasteiger partial charge is 0.0876 e. The predicted octanol–water partition coefficient (Wildman–Crippen LogP) is 7.46. The van der Waals surface area contributed by atoms with Crippen LogP contribution in [0.2, 0.25) is 0 Å². The lowest BCUT2D eigenvalue weighted by atomic mass is 10.0.